The molecule has 3 aromatic rings. The zero-order valence-corrected chi connectivity index (χ0v) is 22.2. The summed E-state index contributed by atoms with van der Waals surface area (Å²) in [5.74, 6) is -0.437. The van der Waals surface area contributed by atoms with Gasteiger partial charge in [0.1, 0.15) is 0 Å². The van der Waals surface area contributed by atoms with Gasteiger partial charge in [-0.15, -0.1) is 0 Å². The molecule has 1 aromatic heterocycles. The van der Waals surface area contributed by atoms with E-state index in [9.17, 15) is 35.9 Å². The van der Waals surface area contributed by atoms with E-state index in [1.165, 1.54) is 15.8 Å². The lowest BCUT2D eigenvalue weighted by Gasteiger charge is -2.34. The van der Waals surface area contributed by atoms with Crippen LogP contribution in [0.2, 0.25) is 0 Å². The third kappa shape index (κ3) is 6.28. The van der Waals surface area contributed by atoms with Crippen LogP contribution in [0.25, 0.3) is 17.0 Å². The van der Waals surface area contributed by atoms with Gasteiger partial charge in [0.15, 0.2) is 0 Å². The van der Waals surface area contributed by atoms with Gasteiger partial charge in [-0.1, -0.05) is 12.1 Å². The predicted octanol–water partition coefficient (Wildman–Crippen LogP) is 6.06. The van der Waals surface area contributed by atoms with Gasteiger partial charge in [0.05, 0.1) is 34.3 Å². The third-order valence-electron chi connectivity index (χ3n) is 7.22. The molecule has 0 spiro atoms. The number of carbonyl (C=O) groups excluding carboxylic acids is 2. The molecule has 0 radical (unpaired) electrons. The molecule has 0 atom stereocenters. The van der Waals surface area contributed by atoms with Gasteiger partial charge in [0.2, 0.25) is 0 Å². The van der Waals surface area contributed by atoms with E-state index in [1.54, 1.807) is 24.3 Å². The van der Waals surface area contributed by atoms with E-state index >= 15 is 0 Å². The van der Waals surface area contributed by atoms with Crippen LogP contribution in [-0.4, -0.2) is 51.1 Å². The van der Waals surface area contributed by atoms with E-state index in [1.807, 2.05) is 0 Å². The lowest BCUT2D eigenvalue weighted by molar-refractivity contribution is -0.143. The number of nitrogens with zero attached hydrogens (tertiary/aromatic N) is 3. The fourth-order valence-electron chi connectivity index (χ4n) is 4.84. The van der Waals surface area contributed by atoms with Crippen LogP contribution in [0, 0.1) is 0 Å². The van der Waals surface area contributed by atoms with Crippen molar-refractivity contribution in [3.8, 4) is 0 Å². The largest absolute Gasteiger partial charge is 0.416 e. The monoisotopic (exact) mass is 598 g/mol. The number of halogens is 6. The summed E-state index contributed by atoms with van der Waals surface area (Å²) in [4.78, 5) is 26.9. The van der Waals surface area contributed by atoms with Crippen LogP contribution in [0.5, 0.6) is 0 Å². The maximum atomic E-state index is 13.6. The second-order valence-electron chi connectivity index (χ2n) is 10.0. The Balaban J connectivity index is 1.34. The summed E-state index contributed by atoms with van der Waals surface area (Å²) in [5.41, 5.74) is 3.74. The highest BCUT2D eigenvalue weighted by atomic mass is 32.2. The molecule has 7 nitrogen and oxygen atoms in total. The van der Waals surface area contributed by atoms with Gasteiger partial charge in [-0.05, 0) is 72.5 Å². The van der Waals surface area contributed by atoms with Gasteiger partial charge < -0.3 is 10.5 Å². The second kappa shape index (κ2) is 10.8. The lowest BCUT2D eigenvalue weighted by atomic mass is 9.88. The molecule has 0 unspecified atom stereocenters. The van der Waals surface area contributed by atoms with E-state index in [0.29, 0.717) is 55.0 Å². The van der Waals surface area contributed by atoms with Crippen LogP contribution < -0.4 is 5.73 Å². The number of hydrogen-bond donors (Lipinski definition) is 1. The van der Waals surface area contributed by atoms with E-state index < -0.39 is 46.7 Å². The van der Waals surface area contributed by atoms with Crippen LogP contribution in [0.3, 0.4) is 0 Å². The van der Waals surface area contributed by atoms with Gasteiger partial charge in [-0.25, -0.2) is 0 Å². The maximum absolute atomic E-state index is 13.6. The topological polar surface area (TPSA) is 90.5 Å². The lowest BCUT2D eigenvalue weighted by Crippen LogP contribution is -2.47. The first-order chi connectivity index (χ1) is 19.2. The Morgan fingerprint density at radius 1 is 1.02 bits per heavy atom. The molecule has 2 aromatic carbocycles. The van der Waals surface area contributed by atoms with E-state index in [0.717, 1.165) is 17.8 Å². The number of imide groups is 1. The molecular formula is C27H24F6N4O3S. The van der Waals surface area contributed by atoms with Crippen LogP contribution in [0.1, 0.15) is 41.5 Å². The number of rotatable bonds is 6. The fraction of sp³-hybridized carbons (Fsp3) is 0.370. The number of nitrogens with two attached hydrogens (primary N) is 1. The molecule has 2 N–H and O–H groups in total. The Kier molecular flexibility index (Phi) is 7.68. The highest BCUT2D eigenvalue weighted by Gasteiger charge is 2.39. The third-order valence-corrected chi connectivity index (χ3v) is 8.13. The smallest absolute Gasteiger partial charge is 0.381 e. The molecule has 2 aliphatic heterocycles. The minimum Gasteiger partial charge on any atom is -0.381 e. The first-order valence-corrected chi connectivity index (χ1v) is 13.4. The van der Waals surface area contributed by atoms with Crippen molar-refractivity contribution in [3.05, 3.63) is 69.8 Å². The molecule has 41 heavy (non-hydrogen) atoms. The fourth-order valence-corrected chi connectivity index (χ4v) is 5.71. The minimum atomic E-state index is -4.99. The summed E-state index contributed by atoms with van der Waals surface area (Å²) >= 11 is 0.807. The number of benzene rings is 2. The first kappa shape index (κ1) is 29.1. The molecule has 0 bridgehead atoms. The van der Waals surface area contributed by atoms with Crippen LogP contribution in [0.15, 0.2) is 47.5 Å². The molecule has 14 heteroatoms. The molecule has 5 rings (SSSR count). The molecular weight excluding hydrogens is 574 g/mol. The standard InChI is InChI=1S/C27H24F6N4O3S/c28-26(29,30)19-3-2-17(20(13-19)27(31,32)33)15-37-21-4-1-16(11-18(21)14-35-37)12-22-23(38)36(24(39)41-22)8-5-25(34)6-9-40-10-7-25/h1-4,11-14H,5-10,15,34H2. The zero-order valence-electron chi connectivity index (χ0n) is 21.4. The Bertz CT molecular complexity index is 1530. The molecule has 218 valence electrons. The molecule has 3 heterocycles. The zero-order chi connectivity index (χ0) is 29.6. The summed E-state index contributed by atoms with van der Waals surface area (Å²) in [6.45, 7) is 0.841. The van der Waals surface area contributed by atoms with Gasteiger partial charge in [0.25, 0.3) is 11.1 Å². The molecule has 2 amide bonds. The second-order valence-corrected chi connectivity index (χ2v) is 11.0. The molecule has 0 saturated carbocycles. The summed E-state index contributed by atoms with van der Waals surface area (Å²) in [6, 6.07) is 6.36. The van der Waals surface area contributed by atoms with Crippen molar-refractivity contribution >= 4 is 39.9 Å². The first-order valence-electron chi connectivity index (χ1n) is 12.6. The van der Waals surface area contributed by atoms with Gasteiger partial charge in [0, 0.05) is 30.7 Å². The van der Waals surface area contributed by atoms with Gasteiger partial charge in [-0.3, -0.25) is 19.2 Å². The number of aromatic nitrogens is 2. The van der Waals surface area contributed by atoms with Crippen LogP contribution in [0.4, 0.5) is 31.1 Å². The van der Waals surface area contributed by atoms with Crippen molar-refractivity contribution in [1.29, 1.82) is 0 Å². The minimum absolute atomic E-state index is 0.100. The van der Waals surface area contributed by atoms with Crippen LogP contribution >= 0.6 is 11.8 Å². The number of ether oxygens (including phenoxy) is 1. The van der Waals surface area contributed by atoms with Crippen molar-refractivity contribution in [3.63, 3.8) is 0 Å². The number of amides is 2. The molecule has 0 aliphatic carbocycles. The number of hydrogen-bond acceptors (Lipinski definition) is 6. The van der Waals surface area contributed by atoms with Crippen molar-refractivity contribution in [1.82, 2.24) is 14.7 Å². The number of carbonyl (C=O) groups is 2. The number of alkyl halides is 6. The predicted molar refractivity (Wildman–Crippen MR) is 140 cm³/mol. The number of thioether (sulfide) groups is 1. The average Bonchev–Trinajstić information content (AvgIpc) is 3.41. The number of fused-ring (bicyclic) bond motifs is 1. The summed E-state index contributed by atoms with van der Waals surface area (Å²) < 4.78 is 86.4. The molecule has 2 saturated heterocycles. The summed E-state index contributed by atoms with van der Waals surface area (Å²) in [7, 11) is 0. The Hall–Kier alpha value is -3.36. The van der Waals surface area contributed by atoms with Crippen molar-refractivity contribution in [2.24, 2.45) is 5.73 Å². The molecule has 2 fully saturated rings. The van der Waals surface area contributed by atoms with Crippen molar-refractivity contribution < 1.29 is 40.7 Å². The molecule has 2 aliphatic rings. The average molecular weight is 599 g/mol. The Morgan fingerprint density at radius 3 is 2.44 bits per heavy atom. The summed E-state index contributed by atoms with van der Waals surface area (Å²) in [5, 5.41) is 4.25. The Morgan fingerprint density at radius 2 is 1.76 bits per heavy atom. The quantitative estimate of drug-likeness (QED) is 0.274. The Labute approximate surface area is 234 Å². The van der Waals surface area contributed by atoms with Crippen molar-refractivity contribution in [2.45, 2.75) is 43.7 Å². The van der Waals surface area contributed by atoms with E-state index in [2.05, 4.69) is 5.10 Å². The van der Waals surface area contributed by atoms with E-state index in [-0.39, 0.29) is 23.1 Å². The SMILES string of the molecule is NC1(CCN2C(=O)SC(=Cc3ccc4c(cnn4Cc4ccc(C(F)(F)F)cc4C(F)(F)F)c3)C2=O)CCOCC1. The van der Waals surface area contributed by atoms with Crippen molar-refractivity contribution in [2.75, 3.05) is 19.8 Å². The van der Waals surface area contributed by atoms with Gasteiger partial charge >= 0.3 is 12.4 Å². The normalized spacial score (nSPS) is 19.1. The highest BCUT2D eigenvalue weighted by Crippen LogP contribution is 2.38. The highest BCUT2D eigenvalue weighted by molar-refractivity contribution is 8.18. The van der Waals surface area contributed by atoms with E-state index in [4.69, 9.17) is 10.5 Å². The van der Waals surface area contributed by atoms with Gasteiger partial charge in [-0.2, -0.15) is 31.4 Å². The van der Waals surface area contributed by atoms with Crippen LogP contribution in [-0.2, 0) is 28.4 Å². The maximum Gasteiger partial charge on any atom is 0.416 e. The summed E-state index contributed by atoms with van der Waals surface area (Å²) in [6.07, 6.45) is -5.21.